The third-order valence-corrected chi connectivity index (χ3v) is 4.49. The van der Waals surface area contributed by atoms with Crippen LogP contribution < -0.4 is 16.4 Å². The molecule has 0 aliphatic rings. The fourth-order valence-electron chi connectivity index (χ4n) is 2.85. The number of amides is 3. The molecule has 4 N–H and O–H groups in total. The topological polar surface area (TPSA) is 128 Å². The second-order valence-corrected chi connectivity index (χ2v) is 6.99. The summed E-state index contributed by atoms with van der Waals surface area (Å²) < 4.78 is 5.39. The number of hydrogen-bond donors (Lipinski definition) is 3. The normalized spacial score (nSPS) is 12.3. The first kappa shape index (κ1) is 23.6. The fraction of sp³-hybridized carbons (Fsp3) is 0.304. The molecule has 31 heavy (non-hydrogen) atoms. The summed E-state index contributed by atoms with van der Waals surface area (Å²) in [6.07, 6.45) is -0.0605. The highest BCUT2D eigenvalue weighted by molar-refractivity contribution is 5.93. The van der Waals surface area contributed by atoms with Crippen LogP contribution >= 0.6 is 0 Å². The van der Waals surface area contributed by atoms with E-state index in [0.717, 1.165) is 11.1 Å². The van der Waals surface area contributed by atoms with E-state index < -0.39 is 35.8 Å². The Morgan fingerprint density at radius 1 is 0.871 bits per heavy atom. The minimum atomic E-state index is -1.18. The number of primary amides is 1. The molecule has 0 unspecified atom stereocenters. The molecule has 0 aromatic heterocycles. The van der Waals surface area contributed by atoms with Gasteiger partial charge in [0.2, 0.25) is 17.7 Å². The van der Waals surface area contributed by atoms with Crippen molar-refractivity contribution < 1.29 is 23.9 Å². The van der Waals surface area contributed by atoms with E-state index in [9.17, 15) is 19.2 Å². The predicted octanol–water partition coefficient (Wildman–Crippen LogP) is 1.23. The molecule has 2 rings (SSSR count). The summed E-state index contributed by atoms with van der Waals surface area (Å²) in [6.45, 7) is 1.67. The Labute approximate surface area is 181 Å². The van der Waals surface area contributed by atoms with Gasteiger partial charge in [0.1, 0.15) is 18.7 Å². The fourth-order valence-corrected chi connectivity index (χ4v) is 2.85. The maximum atomic E-state index is 12.8. The van der Waals surface area contributed by atoms with Gasteiger partial charge in [-0.05, 0) is 11.1 Å². The molecule has 0 saturated heterocycles. The molecule has 164 valence electrons. The minimum absolute atomic E-state index is 0.0537. The summed E-state index contributed by atoms with van der Waals surface area (Å²) >= 11 is 0. The average Bonchev–Trinajstić information content (AvgIpc) is 2.77. The smallest absolute Gasteiger partial charge is 0.329 e. The number of nitrogens with one attached hydrogen (secondary N) is 2. The number of nitrogens with two attached hydrogens (primary N) is 1. The Bertz CT molecular complexity index is 887. The van der Waals surface area contributed by atoms with Crippen LogP contribution in [0.3, 0.4) is 0 Å². The van der Waals surface area contributed by atoms with Crippen molar-refractivity contribution >= 4 is 23.7 Å². The van der Waals surface area contributed by atoms with Crippen LogP contribution in [0.2, 0.25) is 0 Å². The Kier molecular flexibility index (Phi) is 9.22. The van der Waals surface area contributed by atoms with Crippen molar-refractivity contribution in [2.75, 3.05) is 0 Å². The number of carbonyl (C=O) groups is 4. The minimum Gasteiger partial charge on any atom is -0.459 e. The van der Waals surface area contributed by atoms with Gasteiger partial charge in [-0.2, -0.15) is 0 Å². The lowest BCUT2D eigenvalue weighted by Gasteiger charge is -2.22. The molecule has 0 heterocycles. The van der Waals surface area contributed by atoms with Gasteiger partial charge in [0, 0.05) is 12.8 Å². The van der Waals surface area contributed by atoms with Gasteiger partial charge in [0.05, 0.1) is 6.42 Å². The highest BCUT2D eigenvalue weighted by Crippen LogP contribution is 2.08. The van der Waals surface area contributed by atoms with Crippen LogP contribution in [-0.4, -0.2) is 35.8 Å². The zero-order valence-electron chi connectivity index (χ0n) is 17.4. The van der Waals surface area contributed by atoms with Gasteiger partial charge < -0.3 is 21.1 Å². The third kappa shape index (κ3) is 8.30. The van der Waals surface area contributed by atoms with Crippen LogP contribution in [0.25, 0.3) is 0 Å². The predicted molar refractivity (Wildman–Crippen MR) is 114 cm³/mol. The molecular weight excluding hydrogens is 398 g/mol. The van der Waals surface area contributed by atoms with Gasteiger partial charge in [0.25, 0.3) is 0 Å². The van der Waals surface area contributed by atoms with Crippen LogP contribution in [0.5, 0.6) is 0 Å². The first-order valence-corrected chi connectivity index (χ1v) is 10.0. The molecule has 8 heteroatoms. The third-order valence-electron chi connectivity index (χ3n) is 4.49. The van der Waals surface area contributed by atoms with Gasteiger partial charge in [-0.15, -0.1) is 0 Å². The summed E-state index contributed by atoms with van der Waals surface area (Å²) in [6, 6.07) is 16.1. The van der Waals surface area contributed by atoms with E-state index in [1.807, 2.05) is 60.7 Å². The Morgan fingerprint density at radius 2 is 1.45 bits per heavy atom. The standard InChI is InChI=1S/C23H27N3O5/c1-2-21(28)25-18(14-20(24)27)22(29)26-19(13-16-9-5-3-6-10-16)23(30)31-15-17-11-7-4-8-12-17/h3-12,18-19H,2,13-15H2,1H3,(H2,24,27)(H,25,28)(H,26,29)/t18-,19-/m1/s1. The zero-order chi connectivity index (χ0) is 22.6. The molecule has 0 aliphatic carbocycles. The molecule has 0 spiro atoms. The maximum absolute atomic E-state index is 12.8. The van der Waals surface area contributed by atoms with E-state index in [1.54, 1.807) is 6.92 Å². The average molecular weight is 425 g/mol. The van der Waals surface area contributed by atoms with E-state index in [2.05, 4.69) is 10.6 Å². The SMILES string of the molecule is CCC(=O)N[C@H](CC(N)=O)C(=O)N[C@H](Cc1ccccc1)C(=O)OCc1ccccc1. The van der Waals surface area contributed by atoms with E-state index >= 15 is 0 Å². The van der Waals surface area contributed by atoms with Gasteiger partial charge >= 0.3 is 5.97 Å². The van der Waals surface area contributed by atoms with Gasteiger partial charge in [-0.3, -0.25) is 14.4 Å². The lowest BCUT2D eigenvalue weighted by molar-refractivity contribution is -0.149. The molecule has 0 saturated carbocycles. The molecule has 0 bridgehead atoms. The van der Waals surface area contributed by atoms with Crippen molar-refractivity contribution in [3.63, 3.8) is 0 Å². The Hall–Kier alpha value is -3.68. The Morgan fingerprint density at radius 3 is 2.00 bits per heavy atom. The molecule has 8 nitrogen and oxygen atoms in total. The van der Waals surface area contributed by atoms with Gasteiger partial charge in [0.15, 0.2) is 0 Å². The lowest BCUT2D eigenvalue weighted by Crippen LogP contribution is -2.53. The molecule has 2 aromatic rings. The maximum Gasteiger partial charge on any atom is 0.329 e. The van der Waals surface area contributed by atoms with Crippen molar-refractivity contribution in [1.29, 1.82) is 0 Å². The van der Waals surface area contributed by atoms with E-state index in [1.165, 1.54) is 0 Å². The van der Waals surface area contributed by atoms with Crippen molar-refractivity contribution in [2.24, 2.45) is 5.73 Å². The number of carbonyl (C=O) groups excluding carboxylic acids is 4. The first-order valence-electron chi connectivity index (χ1n) is 10.0. The number of benzene rings is 2. The lowest BCUT2D eigenvalue weighted by atomic mass is 10.0. The van der Waals surface area contributed by atoms with Crippen molar-refractivity contribution in [3.05, 3.63) is 71.8 Å². The summed E-state index contributed by atoms with van der Waals surface area (Å²) in [5.41, 5.74) is 6.83. The summed E-state index contributed by atoms with van der Waals surface area (Å²) in [4.78, 5) is 48.6. The van der Waals surface area contributed by atoms with Crippen molar-refractivity contribution in [1.82, 2.24) is 10.6 Å². The van der Waals surface area contributed by atoms with Crippen molar-refractivity contribution in [3.8, 4) is 0 Å². The molecule has 2 atom stereocenters. The largest absolute Gasteiger partial charge is 0.459 e. The molecule has 0 radical (unpaired) electrons. The van der Waals surface area contributed by atoms with Crippen LogP contribution in [0, 0.1) is 0 Å². The number of rotatable bonds is 11. The van der Waals surface area contributed by atoms with Gasteiger partial charge in [-0.1, -0.05) is 67.6 Å². The number of ether oxygens (including phenoxy) is 1. The van der Waals surface area contributed by atoms with Crippen LogP contribution in [0.4, 0.5) is 0 Å². The number of esters is 1. The van der Waals surface area contributed by atoms with Crippen LogP contribution in [-0.2, 0) is 36.9 Å². The molecule has 0 fully saturated rings. The van der Waals surface area contributed by atoms with Crippen molar-refractivity contribution in [2.45, 2.75) is 44.9 Å². The van der Waals surface area contributed by atoms with Crippen LogP contribution in [0.15, 0.2) is 60.7 Å². The van der Waals surface area contributed by atoms with E-state index in [-0.39, 0.29) is 25.9 Å². The second kappa shape index (κ2) is 12.1. The van der Waals surface area contributed by atoms with Crippen LogP contribution in [0.1, 0.15) is 30.9 Å². The number of hydrogen-bond acceptors (Lipinski definition) is 5. The summed E-state index contributed by atoms with van der Waals surface area (Å²) in [7, 11) is 0. The van der Waals surface area contributed by atoms with Gasteiger partial charge in [-0.25, -0.2) is 4.79 Å². The zero-order valence-corrected chi connectivity index (χ0v) is 17.4. The van der Waals surface area contributed by atoms with E-state index in [4.69, 9.17) is 10.5 Å². The quantitative estimate of drug-likeness (QED) is 0.467. The second-order valence-electron chi connectivity index (χ2n) is 6.99. The molecular formula is C23H27N3O5. The summed E-state index contributed by atoms with van der Waals surface area (Å²) in [5.74, 6) is -2.46. The molecule has 2 aromatic carbocycles. The molecule has 3 amide bonds. The highest BCUT2D eigenvalue weighted by Gasteiger charge is 2.28. The first-order chi connectivity index (χ1) is 14.9. The van der Waals surface area contributed by atoms with E-state index in [0.29, 0.717) is 0 Å². The Balaban J connectivity index is 2.13. The monoisotopic (exact) mass is 425 g/mol. The highest BCUT2D eigenvalue weighted by atomic mass is 16.5. The summed E-state index contributed by atoms with van der Waals surface area (Å²) in [5, 5.41) is 5.06. The molecule has 0 aliphatic heterocycles.